The molecule has 3 N–H and O–H groups in total. The van der Waals surface area contributed by atoms with Gasteiger partial charge in [0.1, 0.15) is 0 Å². The molecule has 29 heavy (non-hydrogen) atoms. The summed E-state index contributed by atoms with van der Waals surface area (Å²) in [5, 5.41) is 10.1. The van der Waals surface area contributed by atoms with Crippen LogP contribution in [-0.4, -0.2) is 55.5 Å². The minimum absolute atomic E-state index is 0.0948. The number of anilines is 1. The van der Waals surface area contributed by atoms with E-state index in [9.17, 15) is 4.79 Å². The van der Waals surface area contributed by atoms with Gasteiger partial charge in [-0.1, -0.05) is 31.5 Å². The Hall–Kier alpha value is -1.79. The SMILES string of the molecule is CCNC(=NCCC(=O)Nc1ccc(C)cc1Cl)NC(C)CCCN(CC)CC. The van der Waals surface area contributed by atoms with Crippen molar-refractivity contribution < 1.29 is 4.79 Å². The summed E-state index contributed by atoms with van der Waals surface area (Å²) in [6.45, 7) is 15.1. The summed E-state index contributed by atoms with van der Waals surface area (Å²) in [6, 6.07) is 5.91. The minimum Gasteiger partial charge on any atom is -0.357 e. The summed E-state index contributed by atoms with van der Waals surface area (Å²) in [5.74, 6) is 0.659. The largest absolute Gasteiger partial charge is 0.357 e. The molecule has 0 aliphatic heterocycles. The number of nitrogens with one attached hydrogen (secondary N) is 3. The van der Waals surface area contributed by atoms with E-state index < -0.39 is 0 Å². The van der Waals surface area contributed by atoms with Crippen LogP contribution in [0.5, 0.6) is 0 Å². The Morgan fingerprint density at radius 1 is 1.24 bits per heavy atom. The zero-order valence-corrected chi connectivity index (χ0v) is 19.4. The van der Waals surface area contributed by atoms with Gasteiger partial charge in [-0.2, -0.15) is 0 Å². The highest BCUT2D eigenvalue weighted by Crippen LogP contribution is 2.22. The van der Waals surface area contributed by atoms with Crippen molar-refractivity contribution in [2.45, 2.75) is 59.9 Å². The Kier molecular flexibility index (Phi) is 12.4. The Labute approximate surface area is 181 Å². The fourth-order valence-corrected chi connectivity index (χ4v) is 3.27. The van der Waals surface area contributed by atoms with Crippen molar-refractivity contribution in [2.75, 3.05) is 38.0 Å². The number of nitrogens with zero attached hydrogens (tertiary/aromatic N) is 2. The Balaban J connectivity index is 2.44. The summed E-state index contributed by atoms with van der Waals surface area (Å²) in [4.78, 5) is 19.2. The molecule has 0 aliphatic carbocycles. The van der Waals surface area contributed by atoms with E-state index in [0.29, 0.717) is 29.7 Å². The maximum absolute atomic E-state index is 12.2. The number of carbonyl (C=O) groups is 1. The first kappa shape index (κ1) is 25.2. The van der Waals surface area contributed by atoms with Gasteiger partial charge in [0.2, 0.25) is 5.91 Å². The zero-order valence-electron chi connectivity index (χ0n) is 18.6. The highest BCUT2D eigenvalue weighted by Gasteiger charge is 2.08. The molecule has 1 aromatic rings. The van der Waals surface area contributed by atoms with Crippen molar-refractivity contribution in [3.05, 3.63) is 28.8 Å². The highest BCUT2D eigenvalue weighted by atomic mass is 35.5. The van der Waals surface area contributed by atoms with Crippen molar-refractivity contribution in [2.24, 2.45) is 4.99 Å². The second-order valence-electron chi connectivity index (χ2n) is 7.26. The zero-order chi connectivity index (χ0) is 21.6. The number of hydrogen-bond donors (Lipinski definition) is 3. The van der Waals surface area contributed by atoms with Gasteiger partial charge in [-0.3, -0.25) is 9.79 Å². The van der Waals surface area contributed by atoms with Crippen LogP contribution in [0.2, 0.25) is 5.02 Å². The van der Waals surface area contributed by atoms with Gasteiger partial charge < -0.3 is 20.9 Å². The molecule has 1 amide bonds. The van der Waals surface area contributed by atoms with Crippen molar-refractivity contribution in [3.63, 3.8) is 0 Å². The van der Waals surface area contributed by atoms with Gasteiger partial charge in [0.05, 0.1) is 17.3 Å². The second kappa shape index (κ2) is 14.2. The molecule has 0 spiro atoms. The number of aliphatic imine (C=N–C) groups is 1. The molecule has 0 bridgehead atoms. The molecule has 0 fully saturated rings. The lowest BCUT2D eigenvalue weighted by Crippen LogP contribution is -2.42. The minimum atomic E-state index is -0.0948. The van der Waals surface area contributed by atoms with Crippen LogP contribution in [0.4, 0.5) is 5.69 Å². The third kappa shape index (κ3) is 10.5. The van der Waals surface area contributed by atoms with E-state index in [-0.39, 0.29) is 5.91 Å². The number of rotatable bonds is 12. The summed E-state index contributed by atoms with van der Waals surface area (Å²) in [6.07, 6.45) is 2.53. The van der Waals surface area contributed by atoms with Crippen LogP contribution in [0.25, 0.3) is 0 Å². The lowest BCUT2D eigenvalue weighted by molar-refractivity contribution is -0.116. The molecule has 1 aromatic carbocycles. The van der Waals surface area contributed by atoms with Crippen molar-refractivity contribution in [3.8, 4) is 0 Å². The molecule has 0 aliphatic rings. The summed E-state index contributed by atoms with van der Waals surface area (Å²) < 4.78 is 0. The lowest BCUT2D eigenvalue weighted by Gasteiger charge is -2.21. The van der Waals surface area contributed by atoms with Gasteiger partial charge in [0.25, 0.3) is 0 Å². The van der Waals surface area contributed by atoms with Gasteiger partial charge in [-0.25, -0.2) is 0 Å². The summed E-state index contributed by atoms with van der Waals surface area (Å²) >= 11 is 6.17. The molecule has 6 nitrogen and oxygen atoms in total. The molecule has 0 radical (unpaired) electrons. The third-order valence-corrected chi connectivity index (χ3v) is 5.05. The predicted octanol–water partition coefficient (Wildman–Crippen LogP) is 4.04. The quantitative estimate of drug-likeness (QED) is 0.350. The molecular weight excluding hydrogens is 386 g/mol. The van der Waals surface area contributed by atoms with E-state index in [2.05, 4.69) is 46.6 Å². The standard InChI is InChI=1S/C22H38ClN5O/c1-6-24-22(26-18(5)10-9-15-28(7-2)8-3)25-14-13-21(29)27-20-12-11-17(4)16-19(20)23/h11-12,16,18H,6-10,13-15H2,1-5H3,(H,27,29)(H2,24,25,26). The molecule has 0 heterocycles. The first-order valence-electron chi connectivity index (χ1n) is 10.7. The van der Waals surface area contributed by atoms with Crippen LogP contribution in [0.15, 0.2) is 23.2 Å². The first-order valence-corrected chi connectivity index (χ1v) is 11.1. The molecule has 1 atom stereocenters. The van der Waals surface area contributed by atoms with Crippen molar-refractivity contribution >= 4 is 29.2 Å². The number of amides is 1. The van der Waals surface area contributed by atoms with Crippen LogP contribution in [0.3, 0.4) is 0 Å². The Bertz CT molecular complexity index is 646. The maximum atomic E-state index is 12.2. The van der Waals surface area contributed by atoms with Crippen LogP contribution >= 0.6 is 11.6 Å². The first-order chi connectivity index (χ1) is 13.9. The highest BCUT2D eigenvalue weighted by molar-refractivity contribution is 6.33. The maximum Gasteiger partial charge on any atom is 0.226 e. The third-order valence-electron chi connectivity index (χ3n) is 4.74. The number of aryl methyl sites for hydroxylation is 1. The number of halogens is 1. The van der Waals surface area contributed by atoms with E-state index in [1.54, 1.807) is 0 Å². The molecule has 0 saturated heterocycles. The van der Waals surface area contributed by atoms with Crippen LogP contribution in [0, 0.1) is 6.92 Å². The Morgan fingerprint density at radius 3 is 2.59 bits per heavy atom. The topological polar surface area (TPSA) is 68.8 Å². The number of benzene rings is 1. The fourth-order valence-electron chi connectivity index (χ4n) is 2.99. The number of guanidine groups is 1. The summed E-state index contributed by atoms with van der Waals surface area (Å²) in [5.41, 5.74) is 1.70. The molecule has 7 heteroatoms. The predicted molar refractivity (Wildman–Crippen MR) is 125 cm³/mol. The van der Waals surface area contributed by atoms with Gasteiger partial charge in [0, 0.05) is 19.0 Å². The van der Waals surface area contributed by atoms with Gasteiger partial charge >= 0.3 is 0 Å². The van der Waals surface area contributed by atoms with E-state index in [1.165, 1.54) is 0 Å². The van der Waals surface area contributed by atoms with Crippen molar-refractivity contribution in [1.29, 1.82) is 0 Å². The van der Waals surface area contributed by atoms with E-state index in [0.717, 1.165) is 50.5 Å². The van der Waals surface area contributed by atoms with Crippen LogP contribution < -0.4 is 16.0 Å². The van der Waals surface area contributed by atoms with Gasteiger partial charge in [0.15, 0.2) is 5.96 Å². The lowest BCUT2D eigenvalue weighted by atomic mass is 10.2. The van der Waals surface area contributed by atoms with Gasteiger partial charge in [-0.15, -0.1) is 0 Å². The summed E-state index contributed by atoms with van der Waals surface area (Å²) in [7, 11) is 0. The molecule has 1 rings (SSSR count). The molecule has 0 saturated carbocycles. The average molecular weight is 424 g/mol. The van der Waals surface area contributed by atoms with Crippen LogP contribution in [-0.2, 0) is 4.79 Å². The fraction of sp³-hybridized carbons (Fsp3) is 0.636. The van der Waals surface area contributed by atoms with E-state index >= 15 is 0 Å². The van der Waals surface area contributed by atoms with E-state index in [1.807, 2.05) is 32.0 Å². The van der Waals surface area contributed by atoms with E-state index in [4.69, 9.17) is 11.6 Å². The molecule has 1 unspecified atom stereocenters. The second-order valence-corrected chi connectivity index (χ2v) is 7.66. The normalized spacial score (nSPS) is 12.7. The Morgan fingerprint density at radius 2 is 1.97 bits per heavy atom. The molecule has 164 valence electrons. The molecule has 0 aromatic heterocycles. The molecular formula is C22H38ClN5O. The van der Waals surface area contributed by atoms with Gasteiger partial charge in [-0.05, 0) is 70.9 Å². The smallest absolute Gasteiger partial charge is 0.226 e. The average Bonchev–Trinajstić information content (AvgIpc) is 2.67. The number of carbonyl (C=O) groups excluding carboxylic acids is 1. The number of hydrogen-bond acceptors (Lipinski definition) is 3. The van der Waals surface area contributed by atoms with Crippen LogP contribution in [0.1, 0.15) is 52.5 Å². The monoisotopic (exact) mass is 423 g/mol. The van der Waals surface area contributed by atoms with Crippen molar-refractivity contribution in [1.82, 2.24) is 15.5 Å².